The number of rotatable bonds is 5. The first-order valence-corrected chi connectivity index (χ1v) is 6.27. The monoisotopic (exact) mass is 259 g/mol. The smallest absolute Gasteiger partial charge is 0.203 e. The van der Waals surface area contributed by atoms with Crippen molar-refractivity contribution in [2.24, 2.45) is 0 Å². The van der Waals surface area contributed by atoms with Gasteiger partial charge in [-0.1, -0.05) is 18.2 Å². The first-order valence-electron chi connectivity index (χ1n) is 6.27. The van der Waals surface area contributed by atoms with Crippen LogP contribution in [-0.4, -0.2) is 9.55 Å². The summed E-state index contributed by atoms with van der Waals surface area (Å²) in [4.78, 5) is 4.43. The minimum atomic E-state index is -0.225. The molecule has 0 aliphatic heterocycles. The zero-order chi connectivity index (χ0) is 13.8. The quantitative estimate of drug-likeness (QED) is 0.830. The number of nitrogens with one attached hydrogen (secondary N) is 1. The van der Waals surface area contributed by atoms with E-state index < -0.39 is 0 Å². The molecule has 1 atom stereocenters. The third-order valence-corrected chi connectivity index (χ3v) is 2.92. The summed E-state index contributed by atoms with van der Waals surface area (Å²) in [6.45, 7) is 8.35. The molecule has 3 nitrogen and oxygen atoms in total. The zero-order valence-corrected chi connectivity index (χ0v) is 11.2. The predicted octanol–water partition coefficient (Wildman–Crippen LogP) is 3.69. The third kappa shape index (κ3) is 3.22. The molecule has 0 saturated heterocycles. The van der Waals surface area contributed by atoms with Crippen molar-refractivity contribution in [2.45, 2.75) is 26.4 Å². The van der Waals surface area contributed by atoms with E-state index in [1.807, 2.05) is 36.8 Å². The van der Waals surface area contributed by atoms with Crippen LogP contribution in [0.2, 0.25) is 0 Å². The highest BCUT2D eigenvalue weighted by atomic mass is 19.1. The second-order valence-electron chi connectivity index (χ2n) is 4.57. The number of allylic oxidation sites excluding steroid dienone is 1. The Bertz CT molecular complexity index is 575. The van der Waals surface area contributed by atoms with Gasteiger partial charge in [0.05, 0.1) is 11.7 Å². The van der Waals surface area contributed by atoms with Crippen molar-refractivity contribution in [2.75, 3.05) is 5.32 Å². The summed E-state index contributed by atoms with van der Waals surface area (Å²) in [6, 6.07) is 6.57. The molecule has 1 aromatic carbocycles. The van der Waals surface area contributed by atoms with Gasteiger partial charge < -0.3 is 9.88 Å². The number of aryl methyl sites for hydroxylation is 1. The van der Waals surface area contributed by atoms with Crippen molar-refractivity contribution >= 4 is 5.95 Å². The number of nitrogens with zero attached hydrogens (tertiary/aromatic N) is 2. The van der Waals surface area contributed by atoms with E-state index in [9.17, 15) is 4.39 Å². The molecule has 0 amide bonds. The van der Waals surface area contributed by atoms with Crippen molar-refractivity contribution < 1.29 is 4.39 Å². The fourth-order valence-corrected chi connectivity index (χ4v) is 1.99. The fraction of sp³-hybridized carbons (Fsp3) is 0.267. The summed E-state index contributed by atoms with van der Waals surface area (Å²) >= 11 is 0. The number of imidazole rings is 1. The zero-order valence-electron chi connectivity index (χ0n) is 11.2. The molecular weight excluding hydrogens is 241 g/mol. The van der Waals surface area contributed by atoms with Gasteiger partial charge in [-0.3, -0.25) is 0 Å². The molecule has 0 fully saturated rings. The van der Waals surface area contributed by atoms with E-state index >= 15 is 0 Å². The minimum Gasteiger partial charge on any atom is -0.349 e. The first kappa shape index (κ1) is 13.3. The minimum absolute atomic E-state index is 0.0129. The molecule has 1 heterocycles. The van der Waals surface area contributed by atoms with Gasteiger partial charge in [-0.25, -0.2) is 9.37 Å². The second-order valence-corrected chi connectivity index (χ2v) is 4.57. The number of halogens is 1. The highest BCUT2D eigenvalue weighted by molar-refractivity contribution is 5.34. The molecule has 0 spiro atoms. The summed E-state index contributed by atoms with van der Waals surface area (Å²) in [7, 11) is 0. The first-order chi connectivity index (χ1) is 9.10. The van der Waals surface area contributed by atoms with Crippen LogP contribution in [0.1, 0.15) is 24.2 Å². The maximum atomic E-state index is 13.2. The molecule has 0 bridgehead atoms. The van der Waals surface area contributed by atoms with E-state index in [1.54, 1.807) is 6.07 Å². The van der Waals surface area contributed by atoms with Gasteiger partial charge in [-0.05, 0) is 31.5 Å². The summed E-state index contributed by atoms with van der Waals surface area (Å²) in [6.07, 6.45) is 3.78. The Hall–Kier alpha value is -2.10. The number of aromatic nitrogens is 2. The standard InChI is InChI=1S/C15H18FN3/c1-4-8-19-10-11(2)17-15(19)18-12(3)13-6-5-7-14(16)9-13/h4-7,9-10,12H,1,8H2,2-3H3,(H,17,18). The Morgan fingerprint density at radius 3 is 3.00 bits per heavy atom. The molecule has 0 aliphatic carbocycles. The van der Waals surface area contributed by atoms with E-state index in [1.165, 1.54) is 12.1 Å². The average molecular weight is 259 g/mol. The predicted molar refractivity (Wildman–Crippen MR) is 75.6 cm³/mol. The van der Waals surface area contributed by atoms with E-state index in [0.29, 0.717) is 6.54 Å². The van der Waals surface area contributed by atoms with Crippen LogP contribution in [0.25, 0.3) is 0 Å². The Morgan fingerprint density at radius 1 is 1.53 bits per heavy atom. The molecule has 0 aliphatic rings. The van der Waals surface area contributed by atoms with Crippen LogP contribution in [0.3, 0.4) is 0 Å². The van der Waals surface area contributed by atoms with E-state index in [0.717, 1.165) is 17.2 Å². The van der Waals surface area contributed by atoms with Crippen LogP contribution in [0.15, 0.2) is 43.1 Å². The number of hydrogen-bond acceptors (Lipinski definition) is 2. The Morgan fingerprint density at radius 2 is 2.32 bits per heavy atom. The van der Waals surface area contributed by atoms with Crippen LogP contribution < -0.4 is 5.32 Å². The maximum absolute atomic E-state index is 13.2. The molecule has 1 N–H and O–H groups in total. The SMILES string of the molecule is C=CCn1cc(C)nc1NC(C)c1cccc(F)c1. The maximum Gasteiger partial charge on any atom is 0.203 e. The lowest BCUT2D eigenvalue weighted by Gasteiger charge is -2.15. The van der Waals surface area contributed by atoms with Crippen molar-refractivity contribution in [3.05, 3.63) is 60.2 Å². The van der Waals surface area contributed by atoms with Gasteiger partial charge in [0, 0.05) is 12.7 Å². The molecule has 2 rings (SSSR count). The molecule has 0 saturated carbocycles. The number of benzene rings is 1. The van der Waals surface area contributed by atoms with Crippen LogP contribution >= 0.6 is 0 Å². The Labute approximate surface area is 112 Å². The third-order valence-electron chi connectivity index (χ3n) is 2.92. The van der Waals surface area contributed by atoms with Gasteiger partial charge in [0.1, 0.15) is 5.82 Å². The Balaban J connectivity index is 2.18. The lowest BCUT2D eigenvalue weighted by atomic mass is 10.1. The van der Waals surface area contributed by atoms with Crippen molar-refractivity contribution in [1.29, 1.82) is 0 Å². The van der Waals surface area contributed by atoms with Gasteiger partial charge in [0.15, 0.2) is 0 Å². The highest BCUT2D eigenvalue weighted by Crippen LogP contribution is 2.19. The summed E-state index contributed by atoms with van der Waals surface area (Å²) in [5.74, 6) is 0.547. The van der Waals surface area contributed by atoms with Gasteiger partial charge in [-0.2, -0.15) is 0 Å². The lowest BCUT2D eigenvalue weighted by molar-refractivity contribution is 0.623. The molecule has 100 valence electrons. The van der Waals surface area contributed by atoms with Crippen LogP contribution in [0.5, 0.6) is 0 Å². The van der Waals surface area contributed by atoms with Gasteiger partial charge >= 0.3 is 0 Å². The molecule has 4 heteroatoms. The normalized spacial score (nSPS) is 12.2. The van der Waals surface area contributed by atoms with Gasteiger partial charge in [-0.15, -0.1) is 6.58 Å². The molecule has 1 unspecified atom stereocenters. The van der Waals surface area contributed by atoms with Crippen molar-refractivity contribution in [1.82, 2.24) is 9.55 Å². The Kier molecular flexibility index (Phi) is 4.00. The number of hydrogen-bond donors (Lipinski definition) is 1. The largest absolute Gasteiger partial charge is 0.349 e. The van der Waals surface area contributed by atoms with Crippen LogP contribution in [0.4, 0.5) is 10.3 Å². The topological polar surface area (TPSA) is 29.9 Å². The molecule has 19 heavy (non-hydrogen) atoms. The van der Waals surface area contributed by atoms with Gasteiger partial charge in [0.2, 0.25) is 5.95 Å². The molecular formula is C15H18FN3. The second kappa shape index (κ2) is 5.69. The van der Waals surface area contributed by atoms with Crippen molar-refractivity contribution in [3.8, 4) is 0 Å². The van der Waals surface area contributed by atoms with E-state index in [2.05, 4.69) is 16.9 Å². The van der Waals surface area contributed by atoms with Crippen LogP contribution in [0, 0.1) is 12.7 Å². The molecule has 1 aromatic heterocycles. The summed E-state index contributed by atoms with van der Waals surface area (Å²) in [5, 5.41) is 3.30. The lowest BCUT2D eigenvalue weighted by Crippen LogP contribution is -2.11. The summed E-state index contributed by atoms with van der Waals surface area (Å²) < 4.78 is 15.2. The molecule has 2 aromatic rings. The highest BCUT2D eigenvalue weighted by Gasteiger charge is 2.10. The molecule has 0 radical (unpaired) electrons. The van der Waals surface area contributed by atoms with Crippen molar-refractivity contribution in [3.63, 3.8) is 0 Å². The fourth-order valence-electron chi connectivity index (χ4n) is 1.99. The van der Waals surface area contributed by atoms with Crippen LogP contribution in [-0.2, 0) is 6.54 Å². The summed E-state index contributed by atoms with van der Waals surface area (Å²) in [5.41, 5.74) is 1.83. The van der Waals surface area contributed by atoms with E-state index in [-0.39, 0.29) is 11.9 Å². The van der Waals surface area contributed by atoms with E-state index in [4.69, 9.17) is 0 Å². The average Bonchev–Trinajstić information content (AvgIpc) is 2.70. The number of anilines is 1. The van der Waals surface area contributed by atoms with Gasteiger partial charge in [0.25, 0.3) is 0 Å².